The third kappa shape index (κ3) is 4.18. The largest absolute Gasteiger partial charge is 0.383 e. The molecule has 1 fully saturated rings. The molecule has 2 aliphatic rings. The normalized spacial score (nSPS) is 22.9. The molecule has 6 heteroatoms. The van der Waals surface area contributed by atoms with Crippen molar-refractivity contribution in [3.63, 3.8) is 0 Å². The van der Waals surface area contributed by atoms with Crippen molar-refractivity contribution in [2.45, 2.75) is 44.2 Å². The minimum Gasteiger partial charge on any atom is -0.383 e. The van der Waals surface area contributed by atoms with Gasteiger partial charge in [-0.15, -0.1) is 11.3 Å². The molecule has 1 saturated heterocycles. The van der Waals surface area contributed by atoms with E-state index in [1.807, 2.05) is 29.5 Å². The van der Waals surface area contributed by atoms with Crippen molar-refractivity contribution in [2.75, 3.05) is 31.1 Å². The lowest BCUT2D eigenvalue weighted by Crippen LogP contribution is -2.49. The molecule has 1 unspecified atom stereocenters. The zero-order chi connectivity index (χ0) is 19.4. The molecule has 1 aliphatic heterocycles. The summed E-state index contributed by atoms with van der Waals surface area (Å²) in [6.45, 7) is 5.42. The van der Waals surface area contributed by atoms with Crippen LogP contribution in [0.15, 0.2) is 46.8 Å². The minimum absolute atomic E-state index is 0.396. The lowest BCUT2D eigenvalue weighted by molar-refractivity contribution is 0.0485. The molecular formula is C22H30N4OS. The predicted molar refractivity (Wildman–Crippen MR) is 117 cm³/mol. The molecule has 28 heavy (non-hydrogen) atoms. The molecule has 2 heterocycles. The molecule has 150 valence electrons. The summed E-state index contributed by atoms with van der Waals surface area (Å²) in [6.07, 6.45) is 3.85. The van der Waals surface area contributed by atoms with Gasteiger partial charge in [0.15, 0.2) is 5.96 Å². The smallest absolute Gasteiger partial charge is 0.191 e. The number of aliphatic hydroxyl groups is 1. The first kappa shape index (κ1) is 19.3. The Bertz CT molecular complexity index is 799. The second kappa shape index (κ2) is 8.53. The van der Waals surface area contributed by atoms with Crippen LogP contribution in [0, 0.1) is 0 Å². The highest BCUT2D eigenvalue weighted by Crippen LogP contribution is 2.36. The number of piperidine rings is 1. The van der Waals surface area contributed by atoms with Crippen LogP contribution in [0.4, 0.5) is 5.00 Å². The number of aryl methyl sites for hydroxylation is 1. The van der Waals surface area contributed by atoms with Crippen molar-refractivity contribution in [3.8, 4) is 0 Å². The van der Waals surface area contributed by atoms with Crippen molar-refractivity contribution in [1.82, 2.24) is 10.6 Å². The zero-order valence-electron chi connectivity index (χ0n) is 16.5. The fourth-order valence-corrected chi connectivity index (χ4v) is 5.04. The van der Waals surface area contributed by atoms with Gasteiger partial charge < -0.3 is 20.6 Å². The second-order valence-electron chi connectivity index (χ2n) is 7.74. The summed E-state index contributed by atoms with van der Waals surface area (Å²) in [7, 11) is 0. The number of hydrogen-bond donors (Lipinski definition) is 3. The van der Waals surface area contributed by atoms with Gasteiger partial charge in [-0.3, -0.25) is 0 Å². The Morgan fingerprint density at radius 2 is 2.07 bits per heavy atom. The van der Waals surface area contributed by atoms with Crippen LogP contribution in [0.3, 0.4) is 0 Å². The van der Waals surface area contributed by atoms with Gasteiger partial charge in [0.25, 0.3) is 0 Å². The highest BCUT2D eigenvalue weighted by molar-refractivity contribution is 7.14. The molecule has 4 rings (SSSR count). The number of fused-ring (bicyclic) bond motifs is 1. The monoisotopic (exact) mass is 398 g/mol. The van der Waals surface area contributed by atoms with Crippen LogP contribution in [0.2, 0.25) is 0 Å². The highest BCUT2D eigenvalue weighted by Gasteiger charge is 2.36. The first-order valence-corrected chi connectivity index (χ1v) is 11.2. The van der Waals surface area contributed by atoms with Crippen LogP contribution in [0.25, 0.3) is 0 Å². The molecular weight excluding hydrogens is 368 g/mol. The van der Waals surface area contributed by atoms with Gasteiger partial charge in [0, 0.05) is 25.7 Å². The maximum atomic E-state index is 11.1. The van der Waals surface area contributed by atoms with E-state index >= 15 is 0 Å². The average molecular weight is 399 g/mol. The molecule has 5 nitrogen and oxygen atoms in total. The fraction of sp³-hybridized carbons (Fsp3) is 0.500. The van der Waals surface area contributed by atoms with Crippen molar-refractivity contribution < 1.29 is 5.11 Å². The van der Waals surface area contributed by atoms with Crippen LogP contribution in [-0.4, -0.2) is 43.3 Å². The molecule has 0 bridgehead atoms. The van der Waals surface area contributed by atoms with Gasteiger partial charge in [0.2, 0.25) is 0 Å². The van der Waals surface area contributed by atoms with Crippen molar-refractivity contribution >= 4 is 22.3 Å². The maximum Gasteiger partial charge on any atom is 0.191 e. The number of anilines is 1. The number of rotatable bonds is 5. The van der Waals surface area contributed by atoms with Crippen molar-refractivity contribution in [1.29, 1.82) is 0 Å². The zero-order valence-corrected chi connectivity index (χ0v) is 17.3. The van der Waals surface area contributed by atoms with Crippen molar-refractivity contribution in [2.24, 2.45) is 4.99 Å². The highest BCUT2D eigenvalue weighted by atomic mass is 32.1. The second-order valence-corrected chi connectivity index (χ2v) is 8.67. The number of benzene rings is 1. The lowest BCUT2D eigenvalue weighted by Gasteiger charge is -2.33. The molecule has 1 atom stereocenters. The summed E-state index contributed by atoms with van der Waals surface area (Å²) in [5.41, 5.74) is 1.44. The molecule has 3 N–H and O–H groups in total. The quantitative estimate of drug-likeness (QED) is 0.535. The van der Waals surface area contributed by atoms with Crippen LogP contribution in [0.5, 0.6) is 0 Å². The molecule has 0 amide bonds. The van der Waals surface area contributed by atoms with Gasteiger partial charge in [0.1, 0.15) is 5.60 Å². The van der Waals surface area contributed by atoms with Gasteiger partial charge in [-0.05, 0) is 61.2 Å². The fourth-order valence-electron chi connectivity index (χ4n) is 4.25. The number of thiophene rings is 1. The van der Waals surface area contributed by atoms with E-state index in [0.717, 1.165) is 56.8 Å². The molecule has 1 aromatic carbocycles. The van der Waals surface area contributed by atoms with Crippen LogP contribution >= 0.6 is 11.3 Å². The minimum atomic E-state index is -0.846. The van der Waals surface area contributed by atoms with E-state index in [4.69, 9.17) is 4.99 Å². The third-order valence-corrected chi connectivity index (χ3v) is 6.75. The molecule has 1 aliphatic carbocycles. The van der Waals surface area contributed by atoms with E-state index in [2.05, 4.69) is 46.0 Å². The lowest BCUT2D eigenvalue weighted by atomic mass is 9.96. The van der Waals surface area contributed by atoms with Crippen LogP contribution < -0.4 is 15.5 Å². The Balaban J connectivity index is 1.37. The first-order chi connectivity index (χ1) is 13.7. The SMILES string of the molecule is CCNC(=NCC1(O)CCc2ccccc21)NC1CCN(c2cccs2)CC1. The number of aliphatic imine (C=N–C) groups is 1. The molecule has 1 aromatic heterocycles. The Hall–Kier alpha value is -2.05. The van der Waals surface area contributed by atoms with Crippen LogP contribution in [-0.2, 0) is 12.0 Å². The summed E-state index contributed by atoms with van der Waals surface area (Å²) < 4.78 is 0. The summed E-state index contributed by atoms with van der Waals surface area (Å²) in [4.78, 5) is 7.23. The molecule has 0 radical (unpaired) electrons. The van der Waals surface area contributed by atoms with E-state index in [9.17, 15) is 5.11 Å². The van der Waals surface area contributed by atoms with Crippen molar-refractivity contribution in [3.05, 3.63) is 52.9 Å². The third-order valence-electron chi connectivity index (χ3n) is 5.82. The first-order valence-electron chi connectivity index (χ1n) is 10.3. The Morgan fingerprint density at radius 3 is 2.82 bits per heavy atom. The molecule has 0 saturated carbocycles. The number of hydrogen-bond acceptors (Lipinski definition) is 4. The van der Waals surface area contributed by atoms with Crippen LogP contribution in [0.1, 0.15) is 37.3 Å². The number of nitrogens with one attached hydrogen (secondary N) is 2. The molecule has 0 spiro atoms. The summed E-state index contributed by atoms with van der Waals surface area (Å²) >= 11 is 1.81. The van der Waals surface area contributed by atoms with E-state index in [-0.39, 0.29) is 0 Å². The van der Waals surface area contributed by atoms with Gasteiger partial charge in [-0.1, -0.05) is 24.3 Å². The maximum absolute atomic E-state index is 11.1. The number of guanidine groups is 1. The van der Waals surface area contributed by atoms with E-state index in [1.165, 1.54) is 10.6 Å². The van der Waals surface area contributed by atoms with E-state index in [1.54, 1.807) is 0 Å². The summed E-state index contributed by atoms with van der Waals surface area (Å²) in [5, 5.41) is 21.6. The number of nitrogens with zero attached hydrogens (tertiary/aromatic N) is 2. The summed E-state index contributed by atoms with van der Waals surface area (Å²) in [5.74, 6) is 0.815. The average Bonchev–Trinajstić information content (AvgIpc) is 3.37. The van der Waals surface area contributed by atoms with Gasteiger partial charge >= 0.3 is 0 Å². The topological polar surface area (TPSA) is 59.9 Å². The Labute approximate surface area is 171 Å². The van der Waals surface area contributed by atoms with Gasteiger partial charge in [-0.2, -0.15) is 0 Å². The van der Waals surface area contributed by atoms with Gasteiger partial charge in [-0.25, -0.2) is 4.99 Å². The Kier molecular flexibility index (Phi) is 5.87. The standard InChI is InChI=1S/C22H30N4OS/c1-2-23-21(24-16-22(27)12-9-17-6-3-4-7-19(17)22)25-18-10-13-26(14-11-18)20-8-5-15-28-20/h3-8,15,18,27H,2,9-14,16H2,1H3,(H2,23,24,25). The molecule has 2 aromatic rings. The Morgan fingerprint density at radius 1 is 1.25 bits per heavy atom. The van der Waals surface area contributed by atoms with Gasteiger partial charge in [0.05, 0.1) is 11.5 Å². The van der Waals surface area contributed by atoms with E-state index in [0.29, 0.717) is 12.6 Å². The summed E-state index contributed by atoms with van der Waals surface area (Å²) in [6, 6.07) is 12.9. The predicted octanol–water partition coefficient (Wildman–Crippen LogP) is 3.11. The van der Waals surface area contributed by atoms with E-state index < -0.39 is 5.60 Å².